The van der Waals surface area contributed by atoms with Gasteiger partial charge in [-0.3, -0.25) is 0 Å². The molecule has 0 saturated heterocycles. The van der Waals surface area contributed by atoms with Crippen LogP contribution < -0.4 is 5.32 Å². The van der Waals surface area contributed by atoms with Crippen LogP contribution in [0.1, 0.15) is 44.9 Å². The molecule has 0 aliphatic carbocycles. The average molecular weight is 289 g/mol. The predicted molar refractivity (Wildman–Crippen MR) is 83.5 cm³/mol. The molecule has 0 bridgehead atoms. The van der Waals surface area contributed by atoms with E-state index in [1.807, 2.05) is 25.1 Å². The lowest BCUT2D eigenvalue weighted by molar-refractivity contribution is 0.576. The Morgan fingerprint density at radius 3 is 2.10 bits per heavy atom. The molecule has 2 aromatic carbocycles. The van der Waals surface area contributed by atoms with Gasteiger partial charge in [0.1, 0.15) is 11.6 Å². The van der Waals surface area contributed by atoms with Crippen LogP contribution in [0, 0.1) is 11.6 Å². The minimum Gasteiger partial charge on any atom is -0.378 e. The molecule has 0 aromatic heterocycles. The first-order valence-electron chi connectivity index (χ1n) is 7.09. The van der Waals surface area contributed by atoms with E-state index in [2.05, 4.69) is 32.2 Å². The maximum absolute atomic E-state index is 13.3. The molecule has 0 aliphatic heterocycles. The largest absolute Gasteiger partial charge is 0.378 e. The fraction of sp³-hybridized carbons (Fsp3) is 0.333. The van der Waals surface area contributed by atoms with Gasteiger partial charge in [0, 0.05) is 17.8 Å². The SMILES string of the molecule is CC(Nc1ccccc1C(C)(C)C)c1cc(F)cc(F)c1. The average Bonchev–Trinajstić information content (AvgIpc) is 2.37. The molecule has 1 atom stereocenters. The van der Waals surface area contributed by atoms with Gasteiger partial charge in [0.2, 0.25) is 0 Å². The van der Waals surface area contributed by atoms with Crippen molar-refractivity contribution < 1.29 is 8.78 Å². The lowest BCUT2D eigenvalue weighted by Crippen LogP contribution is -2.16. The molecule has 0 radical (unpaired) electrons. The van der Waals surface area contributed by atoms with Gasteiger partial charge in [0.25, 0.3) is 0 Å². The van der Waals surface area contributed by atoms with Gasteiger partial charge in [0.15, 0.2) is 0 Å². The van der Waals surface area contributed by atoms with Crippen molar-refractivity contribution in [3.63, 3.8) is 0 Å². The molecule has 2 aromatic rings. The normalized spacial score (nSPS) is 13.0. The molecule has 2 rings (SSSR count). The van der Waals surface area contributed by atoms with Gasteiger partial charge in [-0.1, -0.05) is 39.0 Å². The highest BCUT2D eigenvalue weighted by Crippen LogP contribution is 2.31. The van der Waals surface area contributed by atoms with Gasteiger partial charge in [-0.25, -0.2) is 8.78 Å². The van der Waals surface area contributed by atoms with Crippen LogP contribution >= 0.6 is 0 Å². The summed E-state index contributed by atoms with van der Waals surface area (Å²) in [6.07, 6.45) is 0. The summed E-state index contributed by atoms with van der Waals surface area (Å²) in [5.41, 5.74) is 2.75. The third-order valence-corrected chi connectivity index (χ3v) is 3.49. The Bertz CT molecular complexity index is 609. The van der Waals surface area contributed by atoms with Crippen molar-refractivity contribution in [2.75, 3.05) is 5.32 Å². The Hall–Kier alpha value is -1.90. The Labute approximate surface area is 125 Å². The van der Waals surface area contributed by atoms with Gasteiger partial charge < -0.3 is 5.32 Å². The molecule has 112 valence electrons. The zero-order valence-corrected chi connectivity index (χ0v) is 12.9. The summed E-state index contributed by atoms with van der Waals surface area (Å²) in [7, 11) is 0. The van der Waals surface area contributed by atoms with Gasteiger partial charge in [0.05, 0.1) is 0 Å². The van der Waals surface area contributed by atoms with E-state index in [4.69, 9.17) is 0 Å². The number of nitrogens with one attached hydrogen (secondary N) is 1. The number of para-hydroxylation sites is 1. The van der Waals surface area contributed by atoms with E-state index < -0.39 is 11.6 Å². The summed E-state index contributed by atoms with van der Waals surface area (Å²) in [5.74, 6) is -1.11. The molecule has 0 saturated carbocycles. The Kier molecular flexibility index (Phi) is 4.31. The van der Waals surface area contributed by atoms with Crippen LogP contribution in [0.4, 0.5) is 14.5 Å². The Balaban J connectivity index is 2.30. The summed E-state index contributed by atoms with van der Waals surface area (Å²) >= 11 is 0. The second-order valence-corrected chi connectivity index (χ2v) is 6.36. The van der Waals surface area contributed by atoms with Crippen molar-refractivity contribution in [3.05, 3.63) is 65.2 Å². The first kappa shape index (κ1) is 15.5. The van der Waals surface area contributed by atoms with Crippen LogP contribution in [-0.4, -0.2) is 0 Å². The summed E-state index contributed by atoms with van der Waals surface area (Å²) in [5, 5.41) is 3.35. The minimum absolute atomic E-state index is 0.00347. The molecule has 0 aliphatic rings. The molecular formula is C18H21F2N. The summed E-state index contributed by atoms with van der Waals surface area (Å²) in [6, 6.07) is 11.4. The van der Waals surface area contributed by atoms with E-state index in [0.717, 1.165) is 11.8 Å². The number of halogens is 2. The molecule has 0 fully saturated rings. The fourth-order valence-corrected chi connectivity index (χ4v) is 2.40. The van der Waals surface area contributed by atoms with E-state index in [0.29, 0.717) is 5.56 Å². The zero-order chi connectivity index (χ0) is 15.6. The number of benzene rings is 2. The van der Waals surface area contributed by atoms with E-state index in [1.54, 1.807) is 0 Å². The lowest BCUT2D eigenvalue weighted by Gasteiger charge is -2.25. The van der Waals surface area contributed by atoms with Gasteiger partial charge in [-0.2, -0.15) is 0 Å². The summed E-state index contributed by atoms with van der Waals surface area (Å²) in [6.45, 7) is 8.31. The van der Waals surface area contributed by atoms with Crippen LogP contribution in [-0.2, 0) is 5.41 Å². The number of hydrogen-bond donors (Lipinski definition) is 1. The molecule has 1 unspecified atom stereocenters. The molecule has 3 heteroatoms. The van der Waals surface area contributed by atoms with Crippen LogP contribution in [0.5, 0.6) is 0 Å². The van der Waals surface area contributed by atoms with Crippen molar-refractivity contribution in [2.24, 2.45) is 0 Å². The van der Waals surface area contributed by atoms with Gasteiger partial charge in [-0.15, -0.1) is 0 Å². The lowest BCUT2D eigenvalue weighted by atomic mass is 9.85. The van der Waals surface area contributed by atoms with Gasteiger partial charge in [-0.05, 0) is 41.7 Å². The third kappa shape index (κ3) is 3.81. The number of anilines is 1. The van der Waals surface area contributed by atoms with E-state index >= 15 is 0 Å². The second kappa shape index (κ2) is 5.84. The molecule has 0 amide bonds. The maximum Gasteiger partial charge on any atom is 0.126 e. The quantitative estimate of drug-likeness (QED) is 0.793. The Morgan fingerprint density at radius 2 is 1.52 bits per heavy atom. The number of rotatable bonds is 3. The van der Waals surface area contributed by atoms with E-state index in [9.17, 15) is 8.78 Å². The standard InChI is InChI=1S/C18H21F2N/c1-12(13-9-14(19)11-15(20)10-13)21-17-8-6-5-7-16(17)18(2,3)4/h5-12,21H,1-4H3. The molecule has 21 heavy (non-hydrogen) atoms. The highest BCUT2D eigenvalue weighted by Gasteiger charge is 2.18. The van der Waals surface area contributed by atoms with Crippen LogP contribution in [0.3, 0.4) is 0 Å². The van der Waals surface area contributed by atoms with Crippen LogP contribution in [0.25, 0.3) is 0 Å². The van der Waals surface area contributed by atoms with Crippen LogP contribution in [0.2, 0.25) is 0 Å². The van der Waals surface area contributed by atoms with Crippen LogP contribution in [0.15, 0.2) is 42.5 Å². The minimum atomic E-state index is -0.553. The molecular weight excluding hydrogens is 268 g/mol. The van der Waals surface area contributed by atoms with Crippen molar-refractivity contribution >= 4 is 5.69 Å². The monoisotopic (exact) mass is 289 g/mol. The zero-order valence-electron chi connectivity index (χ0n) is 12.9. The summed E-state index contributed by atoms with van der Waals surface area (Å²) in [4.78, 5) is 0. The molecule has 0 heterocycles. The molecule has 1 nitrogen and oxygen atoms in total. The first-order valence-corrected chi connectivity index (χ1v) is 7.09. The highest BCUT2D eigenvalue weighted by atomic mass is 19.1. The predicted octanol–water partition coefficient (Wildman–Crippen LogP) is 5.44. The van der Waals surface area contributed by atoms with E-state index in [-0.39, 0.29) is 11.5 Å². The van der Waals surface area contributed by atoms with E-state index in [1.165, 1.54) is 17.7 Å². The summed E-state index contributed by atoms with van der Waals surface area (Å²) < 4.78 is 26.7. The van der Waals surface area contributed by atoms with Crippen molar-refractivity contribution in [1.29, 1.82) is 0 Å². The highest BCUT2D eigenvalue weighted by molar-refractivity contribution is 5.55. The Morgan fingerprint density at radius 1 is 0.952 bits per heavy atom. The fourth-order valence-electron chi connectivity index (χ4n) is 2.40. The topological polar surface area (TPSA) is 12.0 Å². The molecule has 0 spiro atoms. The maximum atomic E-state index is 13.3. The van der Waals surface area contributed by atoms with Gasteiger partial charge >= 0.3 is 0 Å². The van der Waals surface area contributed by atoms with Crippen molar-refractivity contribution in [3.8, 4) is 0 Å². The van der Waals surface area contributed by atoms with Crippen molar-refractivity contribution in [1.82, 2.24) is 0 Å². The number of hydrogen-bond acceptors (Lipinski definition) is 1. The first-order chi connectivity index (χ1) is 9.77. The smallest absolute Gasteiger partial charge is 0.126 e. The van der Waals surface area contributed by atoms with Crippen molar-refractivity contribution in [2.45, 2.75) is 39.2 Å². The second-order valence-electron chi connectivity index (χ2n) is 6.36. The molecule has 1 N–H and O–H groups in total. The third-order valence-electron chi connectivity index (χ3n) is 3.49.